The fraction of sp³-hybridized carbons (Fsp3) is 0.385. The first-order valence-electron chi connectivity index (χ1n) is 12.2. The highest BCUT2D eigenvalue weighted by molar-refractivity contribution is 5.89. The molecule has 2 aromatic carbocycles. The number of alkyl halides is 4. The van der Waals surface area contributed by atoms with Gasteiger partial charge in [0.25, 0.3) is 5.56 Å². The normalized spacial score (nSPS) is 15.2. The molecule has 2 amide bonds. The van der Waals surface area contributed by atoms with Crippen LogP contribution in [0.15, 0.2) is 53.3 Å². The number of para-hydroxylation sites is 1. The van der Waals surface area contributed by atoms with E-state index in [4.69, 9.17) is 4.74 Å². The number of hydrogen-bond donors (Lipinski definition) is 4. The molecule has 1 atom stereocenters. The molecule has 1 fully saturated rings. The maximum atomic E-state index is 12.7. The van der Waals surface area contributed by atoms with Crippen molar-refractivity contribution in [2.24, 2.45) is 0 Å². The van der Waals surface area contributed by atoms with Crippen LogP contribution in [0.25, 0.3) is 5.69 Å². The van der Waals surface area contributed by atoms with Gasteiger partial charge < -0.3 is 20.1 Å². The number of nitrogens with one attached hydrogen (secondary N) is 4. The molecule has 2 heterocycles. The molecule has 1 aliphatic rings. The number of anilines is 1. The van der Waals surface area contributed by atoms with E-state index < -0.39 is 29.9 Å². The van der Waals surface area contributed by atoms with E-state index in [0.717, 1.165) is 19.4 Å². The molecule has 0 unspecified atom stereocenters. The zero-order valence-corrected chi connectivity index (χ0v) is 21.5. The number of urea groups is 1. The largest absolute Gasteiger partial charge is 0.573 e. The highest BCUT2D eigenvalue weighted by atomic mass is 19.4. The summed E-state index contributed by atoms with van der Waals surface area (Å²) in [6, 6.07) is 12.1. The van der Waals surface area contributed by atoms with Gasteiger partial charge in [0.05, 0.1) is 17.9 Å². The Kier molecular flexibility index (Phi) is 10.5. The zero-order chi connectivity index (χ0) is 28.4. The average Bonchev–Trinajstić information content (AvgIpc) is 3.18. The number of benzene rings is 2. The summed E-state index contributed by atoms with van der Waals surface area (Å²) in [6.07, 6.45) is -3.70. The van der Waals surface area contributed by atoms with Crippen molar-refractivity contribution in [2.45, 2.75) is 45.5 Å². The van der Waals surface area contributed by atoms with Crippen LogP contribution in [0.5, 0.6) is 5.75 Å². The molecule has 0 saturated carbocycles. The molecule has 9 nitrogen and oxygen atoms in total. The molecule has 212 valence electrons. The number of carbonyl (C=O) groups is 1. The zero-order valence-electron chi connectivity index (χ0n) is 21.5. The van der Waals surface area contributed by atoms with Crippen LogP contribution in [0.4, 0.5) is 28.2 Å². The van der Waals surface area contributed by atoms with Crippen LogP contribution in [-0.2, 0) is 17.9 Å². The number of methoxy groups -OCH3 is 1. The second-order valence-electron chi connectivity index (χ2n) is 8.76. The molecule has 4 rings (SSSR count). The number of piperidine rings is 1. The van der Waals surface area contributed by atoms with Crippen molar-refractivity contribution < 1.29 is 31.8 Å². The molecule has 0 spiro atoms. The highest BCUT2D eigenvalue weighted by Gasteiger charge is 2.32. The SMILES string of the molecule is COCc1ccc(OC(F)(F)F)c(CNC(=O)Nc2c(C)c(=O)[nH]n2-c2ccccc2)c1.F[C@H]1CCCNC1. The predicted octanol–water partition coefficient (Wildman–Crippen LogP) is 4.55. The second-order valence-corrected chi connectivity index (χ2v) is 8.76. The number of halogens is 4. The summed E-state index contributed by atoms with van der Waals surface area (Å²) >= 11 is 0. The van der Waals surface area contributed by atoms with Crippen molar-refractivity contribution in [3.05, 3.63) is 75.6 Å². The third kappa shape index (κ3) is 9.14. The van der Waals surface area contributed by atoms with Crippen LogP contribution < -0.4 is 26.2 Å². The van der Waals surface area contributed by atoms with Gasteiger partial charge in [-0.2, -0.15) is 0 Å². The lowest BCUT2D eigenvalue weighted by molar-refractivity contribution is -0.274. The van der Waals surface area contributed by atoms with E-state index in [9.17, 15) is 27.2 Å². The van der Waals surface area contributed by atoms with E-state index in [1.54, 1.807) is 30.3 Å². The Labute approximate surface area is 222 Å². The molecule has 0 bridgehead atoms. The summed E-state index contributed by atoms with van der Waals surface area (Å²) in [5.74, 6) is -0.227. The molecular weight excluding hydrogens is 522 g/mol. The van der Waals surface area contributed by atoms with E-state index in [1.807, 2.05) is 0 Å². The lowest BCUT2D eigenvalue weighted by atomic mass is 10.1. The fourth-order valence-corrected chi connectivity index (χ4v) is 3.83. The van der Waals surface area contributed by atoms with E-state index in [-0.39, 0.29) is 30.1 Å². The molecule has 1 aliphatic heterocycles. The Hall–Kier alpha value is -3.84. The maximum Gasteiger partial charge on any atom is 0.573 e. The first kappa shape index (κ1) is 29.7. The fourth-order valence-electron chi connectivity index (χ4n) is 3.83. The first-order valence-corrected chi connectivity index (χ1v) is 12.2. The van der Waals surface area contributed by atoms with Gasteiger partial charge in [0.2, 0.25) is 0 Å². The lowest BCUT2D eigenvalue weighted by Gasteiger charge is -2.16. The van der Waals surface area contributed by atoms with Crippen molar-refractivity contribution in [3.63, 3.8) is 0 Å². The topological polar surface area (TPSA) is 109 Å². The van der Waals surface area contributed by atoms with E-state index >= 15 is 0 Å². The van der Waals surface area contributed by atoms with Crippen LogP contribution in [-0.4, -0.2) is 48.5 Å². The number of H-pyrrole nitrogens is 1. The predicted molar refractivity (Wildman–Crippen MR) is 138 cm³/mol. The minimum Gasteiger partial charge on any atom is -0.405 e. The summed E-state index contributed by atoms with van der Waals surface area (Å²) < 4.78 is 60.8. The monoisotopic (exact) mass is 553 g/mol. The maximum absolute atomic E-state index is 12.7. The van der Waals surface area contributed by atoms with Crippen LogP contribution in [0, 0.1) is 6.92 Å². The number of rotatable bonds is 7. The minimum atomic E-state index is -4.88. The van der Waals surface area contributed by atoms with E-state index in [2.05, 4.69) is 25.8 Å². The van der Waals surface area contributed by atoms with Gasteiger partial charge in [-0.25, -0.2) is 13.9 Å². The van der Waals surface area contributed by atoms with E-state index in [0.29, 0.717) is 17.8 Å². The Morgan fingerprint density at radius 3 is 2.51 bits per heavy atom. The summed E-state index contributed by atoms with van der Waals surface area (Å²) in [5.41, 5.74) is 1.21. The quantitative estimate of drug-likeness (QED) is 0.321. The number of ether oxygens (including phenoxy) is 2. The van der Waals surface area contributed by atoms with Gasteiger partial charge >= 0.3 is 12.4 Å². The Morgan fingerprint density at radius 2 is 1.92 bits per heavy atom. The summed E-state index contributed by atoms with van der Waals surface area (Å²) in [4.78, 5) is 24.6. The second kappa shape index (κ2) is 13.8. The van der Waals surface area contributed by atoms with Crippen molar-refractivity contribution in [2.75, 3.05) is 25.5 Å². The molecule has 4 N–H and O–H groups in total. The number of nitrogens with zero attached hydrogens (tertiary/aromatic N) is 1. The van der Waals surface area contributed by atoms with Gasteiger partial charge in [-0.3, -0.25) is 15.2 Å². The molecule has 0 aliphatic carbocycles. The smallest absolute Gasteiger partial charge is 0.405 e. The minimum absolute atomic E-state index is 0.110. The van der Waals surface area contributed by atoms with Crippen LogP contribution >= 0.6 is 0 Å². The summed E-state index contributed by atoms with van der Waals surface area (Å²) in [5, 5.41) is 10.6. The number of carbonyl (C=O) groups excluding carboxylic acids is 1. The van der Waals surface area contributed by atoms with Crippen molar-refractivity contribution in [3.8, 4) is 11.4 Å². The van der Waals surface area contributed by atoms with Gasteiger partial charge in [0.1, 0.15) is 17.7 Å². The molecule has 3 aromatic rings. The van der Waals surface area contributed by atoms with Crippen LogP contribution in [0.1, 0.15) is 29.5 Å². The summed E-state index contributed by atoms with van der Waals surface area (Å²) in [7, 11) is 1.46. The first-order chi connectivity index (χ1) is 18.6. The number of aromatic amines is 1. The number of aromatic nitrogens is 2. The Morgan fingerprint density at radius 1 is 1.18 bits per heavy atom. The highest BCUT2D eigenvalue weighted by Crippen LogP contribution is 2.27. The van der Waals surface area contributed by atoms with Gasteiger partial charge in [0, 0.05) is 25.8 Å². The average molecular weight is 554 g/mol. The molecule has 39 heavy (non-hydrogen) atoms. The molecule has 1 aromatic heterocycles. The molecule has 1 saturated heterocycles. The van der Waals surface area contributed by atoms with Crippen molar-refractivity contribution in [1.82, 2.24) is 20.4 Å². The van der Waals surface area contributed by atoms with Crippen LogP contribution in [0.2, 0.25) is 0 Å². The third-order valence-corrected chi connectivity index (χ3v) is 5.72. The standard InChI is InChI=1S/C21H21F3N4O4.C5H10FN/c1-13-18(28(27-19(13)29)16-6-4-3-5-7-16)26-20(30)25-11-15-10-14(12-31-2)8-9-17(15)32-21(22,23)24;6-5-2-1-3-7-4-5/h3-10H,11-12H2,1-2H3,(H,27,29)(H2,25,26,30);5,7H,1-4H2/t;5-/m.0/s1. The molecule has 13 heteroatoms. The Balaban J connectivity index is 0.000000520. The van der Waals surface area contributed by atoms with Gasteiger partial charge in [-0.15, -0.1) is 13.2 Å². The molecular formula is C26H31F4N5O4. The lowest BCUT2D eigenvalue weighted by Crippen LogP contribution is -2.30. The van der Waals surface area contributed by atoms with Crippen molar-refractivity contribution in [1.29, 1.82) is 0 Å². The third-order valence-electron chi connectivity index (χ3n) is 5.72. The summed E-state index contributed by atoms with van der Waals surface area (Å²) in [6.45, 7) is 3.03. The Bertz CT molecular complexity index is 1270. The van der Waals surface area contributed by atoms with Crippen LogP contribution in [0.3, 0.4) is 0 Å². The van der Waals surface area contributed by atoms with Gasteiger partial charge in [-0.1, -0.05) is 24.3 Å². The van der Waals surface area contributed by atoms with Crippen molar-refractivity contribution >= 4 is 11.8 Å². The van der Waals surface area contributed by atoms with Gasteiger partial charge in [0.15, 0.2) is 0 Å². The van der Waals surface area contributed by atoms with Gasteiger partial charge in [-0.05, 0) is 56.1 Å². The number of hydrogen-bond acceptors (Lipinski definition) is 5. The molecule has 0 radical (unpaired) electrons. The van der Waals surface area contributed by atoms with E-state index in [1.165, 1.54) is 36.9 Å². The number of amides is 2.